The van der Waals surface area contributed by atoms with Crippen LogP contribution in [0.5, 0.6) is 0 Å². The molecule has 0 atom stereocenters. The van der Waals surface area contributed by atoms with Crippen LogP contribution in [-0.2, 0) is 12.4 Å². The van der Waals surface area contributed by atoms with Gasteiger partial charge in [-0.2, -0.15) is 39.5 Å². The van der Waals surface area contributed by atoms with E-state index in [0.29, 0.717) is 0 Å². The molecule has 1 aromatic carbocycles. The Bertz CT molecular complexity index is 460. The van der Waals surface area contributed by atoms with Gasteiger partial charge in [-0.15, -0.1) is 0 Å². The summed E-state index contributed by atoms with van der Waals surface area (Å²) >= 11 is -1.20. The largest absolute Gasteiger partial charge is 0.446 e. The average molecular weight is 332 g/mol. The maximum Gasteiger partial charge on any atom is 0.446 e. The van der Waals surface area contributed by atoms with E-state index in [0.717, 1.165) is 0 Å². The highest BCUT2D eigenvalue weighted by atomic mass is 32.2. The van der Waals surface area contributed by atoms with Crippen molar-refractivity contribution in [1.29, 1.82) is 0 Å². The van der Waals surface area contributed by atoms with Gasteiger partial charge in [-0.05, 0) is 23.9 Å². The molecule has 0 aliphatic rings. The Balaban J connectivity index is 3.51. The lowest BCUT2D eigenvalue weighted by molar-refractivity contribution is -0.148. The van der Waals surface area contributed by atoms with E-state index in [1.165, 1.54) is 0 Å². The summed E-state index contributed by atoms with van der Waals surface area (Å²) in [5.41, 5.74) is -9.91. The first kappa shape index (κ1) is 16.9. The van der Waals surface area contributed by atoms with Crippen LogP contribution in [0.25, 0.3) is 0 Å². The first-order chi connectivity index (χ1) is 8.72. The van der Waals surface area contributed by atoms with Crippen LogP contribution in [0.2, 0.25) is 0 Å². The molecule has 0 bridgehead atoms. The third-order valence-electron chi connectivity index (χ3n) is 1.89. The van der Waals surface area contributed by atoms with Gasteiger partial charge in [0.15, 0.2) is 0 Å². The van der Waals surface area contributed by atoms with Crippen LogP contribution >= 0.6 is 11.8 Å². The number of rotatable bonds is 1. The lowest BCUT2D eigenvalue weighted by Gasteiger charge is -2.16. The second-order valence-electron chi connectivity index (χ2n) is 3.38. The summed E-state index contributed by atoms with van der Waals surface area (Å²) in [7, 11) is 0. The zero-order valence-electron chi connectivity index (χ0n) is 8.84. The number of alkyl halides is 9. The minimum Gasteiger partial charge on any atom is -0.206 e. The number of thioether (sulfide) groups is 1. The van der Waals surface area contributed by atoms with E-state index in [4.69, 9.17) is 0 Å². The molecule has 0 saturated carbocycles. The highest BCUT2D eigenvalue weighted by Gasteiger charge is 2.43. The molecule has 0 N–H and O–H groups in total. The SMILES string of the molecule is Fc1c(C(F)(F)F)cc(SC(F)(F)F)cc1C(F)(F)F. The summed E-state index contributed by atoms with van der Waals surface area (Å²) in [6.45, 7) is 0. The van der Waals surface area contributed by atoms with Gasteiger partial charge in [0, 0.05) is 4.90 Å². The molecule has 0 nitrogen and oxygen atoms in total. The van der Waals surface area contributed by atoms with E-state index in [1.54, 1.807) is 0 Å². The van der Waals surface area contributed by atoms with E-state index in [9.17, 15) is 43.9 Å². The van der Waals surface area contributed by atoms with Gasteiger partial charge in [-0.3, -0.25) is 0 Å². The van der Waals surface area contributed by atoms with Crippen LogP contribution in [0.1, 0.15) is 11.1 Å². The van der Waals surface area contributed by atoms with Crippen LogP contribution in [-0.4, -0.2) is 5.51 Å². The predicted octanol–water partition coefficient (Wildman–Crippen LogP) is 5.48. The van der Waals surface area contributed by atoms with Gasteiger partial charge in [0.05, 0.1) is 11.1 Å². The molecular weight excluding hydrogens is 330 g/mol. The van der Waals surface area contributed by atoms with E-state index in [-0.39, 0.29) is 12.1 Å². The van der Waals surface area contributed by atoms with Gasteiger partial charge in [-0.25, -0.2) is 4.39 Å². The van der Waals surface area contributed by atoms with Gasteiger partial charge in [0.25, 0.3) is 0 Å². The van der Waals surface area contributed by atoms with E-state index in [1.807, 2.05) is 0 Å². The summed E-state index contributed by atoms with van der Waals surface area (Å²) in [5.74, 6) is -2.66. The van der Waals surface area contributed by atoms with Gasteiger partial charge < -0.3 is 0 Å². The molecule has 0 aliphatic heterocycles. The summed E-state index contributed by atoms with van der Waals surface area (Å²) in [5, 5.41) is 0. The molecule has 0 fully saturated rings. The molecule has 1 rings (SSSR count). The highest BCUT2D eigenvalue weighted by Crippen LogP contribution is 2.44. The topological polar surface area (TPSA) is 0 Å². The summed E-state index contributed by atoms with van der Waals surface area (Å²) in [6, 6.07) is -0.633. The van der Waals surface area contributed by atoms with Crippen molar-refractivity contribution in [2.45, 2.75) is 22.8 Å². The monoisotopic (exact) mass is 332 g/mol. The molecule has 20 heavy (non-hydrogen) atoms. The van der Waals surface area contributed by atoms with Crippen LogP contribution < -0.4 is 0 Å². The lowest BCUT2D eigenvalue weighted by Crippen LogP contribution is -2.16. The molecule has 114 valence electrons. The van der Waals surface area contributed by atoms with Crippen molar-refractivity contribution >= 4 is 11.8 Å². The molecule has 0 radical (unpaired) electrons. The Morgan fingerprint density at radius 2 is 1.05 bits per heavy atom. The summed E-state index contributed by atoms with van der Waals surface area (Å²) in [4.78, 5) is -1.40. The van der Waals surface area contributed by atoms with Crippen molar-refractivity contribution < 1.29 is 43.9 Å². The Morgan fingerprint density at radius 3 is 1.30 bits per heavy atom. The first-order valence-electron chi connectivity index (χ1n) is 4.45. The van der Waals surface area contributed by atoms with Crippen LogP contribution in [0.15, 0.2) is 17.0 Å². The number of benzene rings is 1. The Kier molecular flexibility index (Phi) is 4.24. The Labute approximate surface area is 108 Å². The fourth-order valence-corrected chi connectivity index (χ4v) is 1.82. The lowest BCUT2D eigenvalue weighted by atomic mass is 10.1. The Morgan fingerprint density at radius 1 is 0.700 bits per heavy atom. The smallest absolute Gasteiger partial charge is 0.206 e. The fraction of sp³-hybridized carbons (Fsp3) is 0.333. The van der Waals surface area contributed by atoms with E-state index < -0.39 is 51.5 Å². The zero-order chi connectivity index (χ0) is 15.9. The summed E-state index contributed by atoms with van der Waals surface area (Å²) < 4.78 is 123. The maximum atomic E-state index is 13.1. The van der Waals surface area contributed by atoms with Gasteiger partial charge >= 0.3 is 17.9 Å². The Hall–Kier alpha value is -1.13. The minimum absolute atomic E-state index is 0.317. The number of hydrogen-bond donors (Lipinski definition) is 0. The van der Waals surface area contributed by atoms with Gasteiger partial charge in [0.1, 0.15) is 5.82 Å². The first-order valence-corrected chi connectivity index (χ1v) is 5.27. The maximum absolute atomic E-state index is 13.1. The fourth-order valence-electron chi connectivity index (χ4n) is 1.20. The standard InChI is InChI=1S/C9H2F10S/c10-6-4(7(11,12)13)1-3(20-9(17,18)19)2-5(6)8(14,15)16/h1-2H. The second kappa shape index (κ2) is 5.01. The van der Waals surface area contributed by atoms with Crippen LogP contribution in [0.4, 0.5) is 43.9 Å². The minimum atomic E-state index is -5.55. The quantitative estimate of drug-likeness (QED) is 0.485. The van der Waals surface area contributed by atoms with Crippen molar-refractivity contribution in [2.75, 3.05) is 0 Å². The molecule has 1 aromatic rings. The molecule has 0 aliphatic carbocycles. The number of halogens is 10. The highest BCUT2D eigenvalue weighted by molar-refractivity contribution is 8.00. The molecule has 0 aromatic heterocycles. The molecule has 0 spiro atoms. The number of hydrogen-bond acceptors (Lipinski definition) is 1. The van der Waals surface area contributed by atoms with Crippen molar-refractivity contribution in [1.82, 2.24) is 0 Å². The average Bonchev–Trinajstić information content (AvgIpc) is 2.14. The molecule has 11 heteroatoms. The van der Waals surface area contributed by atoms with Crippen LogP contribution in [0, 0.1) is 5.82 Å². The van der Waals surface area contributed by atoms with Crippen molar-refractivity contribution in [3.63, 3.8) is 0 Å². The second-order valence-corrected chi connectivity index (χ2v) is 4.51. The van der Waals surface area contributed by atoms with Gasteiger partial charge in [0.2, 0.25) is 0 Å². The van der Waals surface area contributed by atoms with Gasteiger partial charge in [-0.1, -0.05) is 0 Å². The van der Waals surface area contributed by atoms with Crippen molar-refractivity contribution in [3.05, 3.63) is 29.1 Å². The van der Waals surface area contributed by atoms with Crippen molar-refractivity contribution in [3.8, 4) is 0 Å². The molecule has 0 amide bonds. The van der Waals surface area contributed by atoms with Crippen molar-refractivity contribution in [2.24, 2.45) is 0 Å². The van der Waals surface area contributed by atoms with E-state index in [2.05, 4.69) is 0 Å². The van der Waals surface area contributed by atoms with E-state index >= 15 is 0 Å². The molecule has 0 unspecified atom stereocenters. The zero-order valence-corrected chi connectivity index (χ0v) is 9.66. The molecule has 0 heterocycles. The third-order valence-corrected chi connectivity index (χ3v) is 2.59. The molecular formula is C9H2F10S. The molecule has 0 saturated heterocycles. The summed E-state index contributed by atoms with van der Waals surface area (Å²) in [6.07, 6.45) is -11.1. The third kappa shape index (κ3) is 4.18. The van der Waals surface area contributed by atoms with Crippen LogP contribution in [0.3, 0.4) is 0 Å². The predicted molar refractivity (Wildman–Crippen MR) is 48.3 cm³/mol. The normalized spacial score (nSPS) is 13.7.